The molecule has 0 spiro atoms. The summed E-state index contributed by atoms with van der Waals surface area (Å²) in [6, 6.07) is 3.70. The van der Waals surface area contributed by atoms with Crippen LogP contribution < -0.4 is 9.47 Å². The first-order valence-corrected chi connectivity index (χ1v) is 8.60. The van der Waals surface area contributed by atoms with Crippen molar-refractivity contribution in [1.29, 1.82) is 0 Å². The second-order valence-corrected chi connectivity index (χ2v) is 7.19. The van der Waals surface area contributed by atoms with E-state index in [9.17, 15) is 9.90 Å². The SMILES string of the molecule is COc1cc(C2(C(=O)O)CCCC2)c(Br)cc1OCC1CC1. The minimum absolute atomic E-state index is 0.617. The van der Waals surface area contributed by atoms with Crippen LogP contribution in [0.4, 0.5) is 0 Å². The summed E-state index contributed by atoms with van der Waals surface area (Å²) in [6.07, 6.45) is 5.69. The van der Waals surface area contributed by atoms with Crippen LogP contribution in [-0.4, -0.2) is 24.8 Å². The summed E-state index contributed by atoms with van der Waals surface area (Å²) in [5, 5.41) is 9.77. The Kier molecular flexibility index (Phi) is 4.35. The van der Waals surface area contributed by atoms with Gasteiger partial charge in [0, 0.05) is 4.47 Å². The molecule has 0 radical (unpaired) electrons. The molecule has 0 unspecified atom stereocenters. The third-order valence-electron chi connectivity index (χ3n) is 4.81. The van der Waals surface area contributed by atoms with E-state index < -0.39 is 11.4 Å². The molecule has 2 aliphatic rings. The van der Waals surface area contributed by atoms with Crippen LogP contribution in [0.15, 0.2) is 16.6 Å². The van der Waals surface area contributed by atoms with E-state index in [1.807, 2.05) is 12.1 Å². The third kappa shape index (κ3) is 2.83. The molecular formula is C17H21BrO4. The fourth-order valence-electron chi connectivity index (χ4n) is 3.24. The second-order valence-electron chi connectivity index (χ2n) is 6.33. The van der Waals surface area contributed by atoms with Gasteiger partial charge in [-0.3, -0.25) is 4.79 Å². The van der Waals surface area contributed by atoms with Crippen LogP contribution in [0.25, 0.3) is 0 Å². The predicted molar refractivity (Wildman–Crippen MR) is 86.7 cm³/mol. The van der Waals surface area contributed by atoms with Crippen molar-refractivity contribution in [3.63, 3.8) is 0 Å². The van der Waals surface area contributed by atoms with Crippen LogP contribution in [0, 0.1) is 5.92 Å². The van der Waals surface area contributed by atoms with Gasteiger partial charge >= 0.3 is 5.97 Å². The monoisotopic (exact) mass is 368 g/mol. The molecular weight excluding hydrogens is 348 g/mol. The van der Waals surface area contributed by atoms with Gasteiger partial charge in [-0.15, -0.1) is 0 Å². The Bertz CT molecular complexity index is 574. The van der Waals surface area contributed by atoms with Gasteiger partial charge < -0.3 is 14.6 Å². The number of ether oxygens (including phenoxy) is 2. The molecule has 2 aliphatic carbocycles. The van der Waals surface area contributed by atoms with Crippen molar-refractivity contribution < 1.29 is 19.4 Å². The van der Waals surface area contributed by atoms with E-state index in [1.54, 1.807) is 7.11 Å². The van der Waals surface area contributed by atoms with Gasteiger partial charge in [0.15, 0.2) is 11.5 Å². The maximum Gasteiger partial charge on any atom is 0.314 e. The Morgan fingerprint density at radius 3 is 2.55 bits per heavy atom. The van der Waals surface area contributed by atoms with Crippen molar-refractivity contribution in [2.45, 2.75) is 43.9 Å². The molecule has 0 saturated heterocycles. The Morgan fingerprint density at radius 2 is 2.00 bits per heavy atom. The van der Waals surface area contributed by atoms with Gasteiger partial charge in [-0.1, -0.05) is 28.8 Å². The van der Waals surface area contributed by atoms with Crippen molar-refractivity contribution in [2.24, 2.45) is 5.92 Å². The first-order valence-electron chi connectivity index (χ1n) is 7.81. The van der Waals surface area contributed by atoms with E-state index in [-0.39, 0.29) is 0 Å². The smallest absolute Gasteiger partial charge is 0.314 e. The maximum absolute atomic E-state index is 11.9. The fraction of sp³-hybridized carbons (Fsp3) is 0.588. The highest BCUT2D eigenvalue weighted by atomic mass is 79.9. The number of carbonyl (C=O) groups is 1. The zero-order valence-electron chi connectivity index (χ0n) is 12.7. The minimum Gasteiger partial charge on any atom is -0.493 e. The number of methoxy groups -OCH3 is 1. The number of rotatable bonds is 6. The molecule has 5 heteroatoms. The van der Waals surface area contributed by atoms with Crippen LogP contribution in [-0.2, 0) is 10.2 Å². The summed E-state index contributed by atoms with van der Waals surface area (Å²) in [4.78, 5) is 11.9. The lowest BCUT2D eigenvalue weighted by Gasteiger charge is -2.26. The summed E-state index contributed by atoms with van der Waals surface area (Å²) >= 11 is 3.55. The molecule has 1 N–H and O–H groups in total. The second kappa shape index (κ2) is 6.11. The highest BCUT2D eigenvalue weighted by Crippen LogP contribution is 2.47. The van der Waals surface area contributed by atoms with Gasteiger partial charge in [-0.2, -0.15) is 0 Å². The van der Waals surface area contributed by atoms with Gasteiger partial charge in [0.2, 0.25) is 0 Å². The molecule has 0 amide bonds. The number of carboxylic acid groups (broad SMARTS) is 1. The van der Waals surface area contributed by atoms with Gasteiger partial charge in [-0.05, 0) is 49.3 Å². The highest BCUT2D eigenvalue weighted by Gasteiger charge is 2.44. The molecule has 3 rings (SSSR count). The first-order chi connectivity index (χ1) is 10.6. The van der Waals surface area contributed by atoms with Crippen LogP contribution in [0.2, 0.25) is 0 Å². The van der Waals surface area contributed by atoms with Gasteiger partial charge in [0.1, 0.15) is 0 Å². The quantitative estimate of drug-likeness (QED) is 0.819. The number of aliphatic carboxylic acids is 1. The van der Waals surface area contributed by atoms with Crippen molar-refractivity contribution in [1.82, 2.24) is 0 Å². The van der Waals surface area contributed by atoms with E-state index in [4.69, 9.17) is 9.47 Å². The maximum atomic E-state index is 11.9. The minimum atomic E-state index is -0.804. The van der Waals surface area contributed by atoms with E-state index in [2.05, 4.69) is 15.9 Å². The van der Waals surface area contributed by atoms with Gasteiger partial charge in [-0.25, -0.2) is 0 Å². The van der Waals surface area contributed by atoms with Crippen LogP contribution in [0.3, 0.4) is 0 Å². The average molecular weight is 369 g/mol. The van der Waals surface area contributed by atoms with Crippen molar-refractivity contribution in [2.75, 3.05) is 13.7 Å². The number of hydrogen-bond donors (Lipinski definition) is 1. The molecule has 120 valence electrons. The number of halogens is 1. The lowest BCUT2D eigenvalue weighted by molar-refractivity contribution is -0.143. The Hall–Kier alpha value is -1.23. The number of hydrogen-bond acceptors (Lipinski definition) is 3. The molecule has 2 fully saturated rings. The van der Waals surface area contributed by atoms with Crippen LogP contribution in [0.5, 0.6) is 11.5 Å². The third-order valence-corrected chi connectivity index (χ3v) is 5.46. The lowest BCUT2D eigenvalue weighted by atomic mass is 9.79. The molecule has 1 aromatic carbocycles. The molecule has 0 bridgehead atoms. The molecule has 1 aromatic rings. The number of benzene rings is 1. The standard InChI is InChI=1S/C17H21BrO4/c1-21-14-8-12(17(16(19)20)6-2-3-7-17)13(18)9-15(14)22-10-11-4-5-11/h8-9,11H,2-7,10H2,1H3,(H,19,20). The van der Waals surface area contributed by atoms with Crippen molar-refractivity contribution >= 4 is 21.9 Å². The molecule has 4 nitrogen and oxygen atoms in total. The predicted octanol–water partition coefficient (Wildman–Crippen LogP) is 4.14. The molecule has 2 saturated carbocycles. The molecule has 22 heavy (non-hydrogen) atoms. The summed E-state index contributed by atoms with van der Waals surface area (Å²) in [6.45, 7) is 0.701. The first kappa shape index (κ1) is 15.7. The van der Waals surface area contributed by atoms with E-state index in [0.29, 0.717) is 36.9 Å². The summed E-state index contributed by atoms with van der Waals surface area (Å²) < 4.78 is 12.1. The highest BCUT2D eigenvalue weighted by molar-refractivity contribution is 9.10. The normalized spacial score (nSPS) is 19.9. The summed E-state index contributed by atoms with van der Waals surface area (Å²) in [7, 11) is 1.60. The van der Waals surface area contributed by atoms with E-state index in [0.717, 1.165) is 22.9 Å². The Morgan fingerprint density at radius 1 is 1.32 bits per heavy atom. The Labute approximate surface area is 138 Å². The van der Waals surface area contributed by atoms with Crippen LogP contribution in [0.1, 0.15) is 44.1 Å². The summed E-state index contributed by atoms with van der Waals surface area (Å²) in [5.74, 6) is 1.21. The molecule has 0 heterocycles. The van der Waals surface area contributed by atoms with Crippen molar-refractivity contribution in [3.8, 4) is 11.5 Å². The summed E-state index contributed by atoms with van der Waals surface area (Å²) in [5.41, 5.74) is -0.00524. The van der Waals surface area contributed by atoms with Crippen molar-refractivity contribution in [3.05, 3.63) is 22.2 Å². The lowest BCUT2D eigenvalue weighted by Crippen LogP contribution is -2.33. The molecule has 0 aromatic heterocycles. The van der Waals surface area contributed by atoms with E-state index in [1.165, 1.54) is 12.8 Å². The fourth-order valence-corrected chi connectivity index (χ4v) is 3.95. The Balaban J connectivity index is 1.95. The van der Waals surface area contributed by atoms with Gasteiger partial charge in [0.25, 0.3) is 0 Å². The van der Waals surface area contributed by atoms with Crippen LogP contribution >= 0.6 is 15.9 Å². The largest absolute Gasteiger partial charge is 0.493 e. The average Bonchev–Trinajstić information content (AvgIpc) is 3.19. The zero-order valence-corrected chi connectivity index (χ0v) is 14.3. The zero-order chi connectivity index (χ0) is 15.7. The molecule has 0 atom stereocenters. The van der Waals surface area contributed by atoms with E-state index >= 15 is 0 Å². The topological polar surface area (TPSA) is 55.8 Å². The van der Waals surface area contributed by atoms with Gasteiger partial charge in [0.05, 0.1) is 19.1 Å². The molecule has 0 aliphatic heterocycles. The number of carboxylic acids is 1.